The second-order valence-electron chi connectivity index (χ2n) is 4.71. The number of aliphatic hydroxyl groups is 1. The van der Waals surface area contributed by atoms with Gasteiger partial charge in [0.1, 0.15) is 0 Å². The fourth-order valence-electron chi connectivity index (χ4n) is 1.91. The summed E-state index contributed by atoms with van der Waals surface area (Å²) < 4.78 is 27.1. The average Bonchev–Trinajstić information content (AvgIpc) is 2.48. The summed E-state index contributed by atoms with van der Waals surface area (Å²) in [7, 11) is -3.61. The van der Waals surface area contributed by atoms with Crippen LogP contribution in [-0.4, -0.2) is 25.1 Å². The van der Waals surface area contributed by atoms with Crippen LogP contribution in [0.4, 0.5) is 5.69 Å². The van der Waals surface area contributed by atoms with Gasteiger partial charge in [0, 0.05) is 12.8 Å². The Balaban J connectivity index is 2.18. The van der Waals surface area contributed by atoms with E-state index in [4.69, 9.17) is 5.11 Å². The molecule has 2 N–H and O–H groups in total. The largest absolute Gasteiger partial charge is 0.396 e. The Labute approximate surface area is 124 Å². The van der Waals surface area contributed by atoms with E-state index >= 15 is 0 Å². The maximum atomic E-state index is 12.3. The van der Waals surface area contributed by atoms with Gasteiger partial charge in [-0.15, -0.1) is 0 Å². The Kier molecular flexibility index (Phi) is 4.93. The van der Waals surface area contributed by atoms with E-state index in [2.05, 4.69) is 9.71 Å². The van der Waals surface area contributed by atoms with Crippen LogP contribution in [0.1, 0.15) is 17.7 Å². The Hall–Kier alpha value is -1.92. The zero-order valence-corrected chi connectivity index (χ0v) is 12.6. The molecule has 0 atom stereocenters. The lowest BCUT2D eigenvalue weighted by molar-refractivity contribution is 0.288. The zero-order chi connectivity index (χ0) is 15.3. The van der Waals surface area contributed by atoms with Crippen LogP contribution in [0.3, 0.4) is 0 Å². The van der Waals surface area contributed by atoms with Gasteiger partial charge in [0.15, 0.2) is 0 Å². The van der Waals surface area contributed by atoms with Gasteiger partial charge in [0.05, 0.1) is 16.3 Å². The monoisotopic (exact) mass is 306 g/mol. The SMILES string of the molecule is Cc1ncccc1NS(=O)(=O)c1ccc(CCCO)cc1. The van der Waals surface area contributed by atoms with Gasteiger partial charge in [-0.05, 0) is 49.6 Å². The lowest BCUT2D eigenvalue weighted by Gasteiger charge is -2.10. The first-order valence-corrected chi connectivity index (χ1v) is 8.15. The number of benzene rings is 1. The van der Waals surface area contributed by atoms with E-state index in [0.29, 0.717) is 17.8 Å². The number of nitrogens with one attached hydrogen (secondary N) is 1. The van der Waals surface area contributed by atoms with Crippen LogP contribution < -0.4 is 4.72 Å². The van der Waals surface area contributed by atoms with E-state index < -0.39 is 10.0 Å². The Morgan fingerprint density at radius 2 is 1.90 bits per heavy atom. The molecule has 0 saturated heterocycles. The van der Waals surface area contributed by atoms with Crippen LogP contribution in [0.2, 0.25) is 0 Å². The van der Waals surface area contributed by atoms with Gasteiger partial charge in [-0.1, -0.05) is 12.1 Å². The predicted molar refractivity (Wildman–Crippen MR) is 81.6 cm³/mol. The quantitative estimate of drug-likeness (QED) is 0.856. The van der Waals surface area contributed by atoms with Gasteiger partial charge in [0.2, 0.25) is 0 Å². The van der Waals surface area contributed by atoms with Gasteiger partial charge in [-0.2, -0.15) is 0 Å². The molecule has 0 bridgehead atoms. The first-order chi connectivity index (χ1) is 10.0. The molecule has 112 valence electrons. The molecule has 0 radical (unpaired) electrons. The second-order valence-corrected chi connectivity index (χ2v) is 6.40. The minimum Gasteiger partial charge on any atom is -0.396 e. The highest BCUT2D eigenvalue weighted by Gasteiger charge is 2.15. The van der Waals surface area contributed by atoms with Gasteiger partial charge in [-0.25, -0.2) is 8.42 Å². The summed E-state index contributed by atoms with van der Waals surface area (Å²) in [6.07, 6.45) is 3.01. The number of pyridine rings is 1. The molecule has 5 nitrogen and oxygen atoms in total. The topological polar surface area (TPSA) is 79.3 Å². The van der Waals surface area contributed by atoms with Crippen LogP contribution in [0.25, 0.3) is 0 Å². The van der Waals surface area contributed by atoms with E-state index in [0.717, 1.165) is 12.0 Å². The first kappa shape index (κ1) is 15.5. The summed E-state index contributed by atoms with van der Waals surface area (Å²) in [5.41, 5.74) is 2.10. The number of aromatic nitrogens is 1. The zero-order valence-electron chi connectivity index (χ0n) is 11.8. The van der Waals surface area contributed by atoms with Crippen LogP contribution >= 0.6 is 0 Å². The average molecular weight is 306 g/mol. The molecule has 0 aliphatic heterocycles. The Morgan fingerprint density at radius 3 is 2.52 bits per heavy atom. The van der Waals surface area contributed by atoms with E-state index in [-0.39, 0.29) is 11.5 Å². The summed E-state index contributed by atoms with van der Waals surface area (Å²) >= 11 is 0. The summed E-state index contributed by atoms with van der Waals surface area (Å²) in [6, 6.07) is 10.0. The number of anilines is 1. The van der Waals surface area contributed by atoms with Crippen molar-refractivity contribution in [1.29, 1.82) is 0 Å². The maximum absolute atomic E-state index is 12.3. The van der Waals surface area contributed by atoms with Crippen molar-refractivity contribution in [2.45, 2.75) is 24.7 Å². The van der Waals surface area contributed by atoms with Crippen LogP contribution in [0.5, 0.6) is 0 Å². The lowest BCUT2D eigenvalue weighted by Crippen LogP contribution is -2.14. The number of nitrogens with zero attached hydrogens (tertiary/aromatic N) is 1. The fraction of sp³-hybridized carbons (Fsp3) is 0.267. The molecular formula is C15H18N2O3S. The molecule has 0 spiro atoms. The van der Waals surface area contributed by atoms with E-state index in [9.17, 15) is 8.42 Å². The first-order valence-electron chi connectivity index (χ1n) is 6.67. The molecule has 2 rings (SSSR count). The molecule has 1 heterocycles. The summed E-state index contributed by atoms with van der Waals surface area (Å²) in [5.74, 6) is 0. The third-order valence-electron chi connectivity index (χ3n) is 3.11. The third-order valence-corrected chi connectivity index (χ3v) is 4.49. The molecule has 0 saturated carbocycles. The molecule has 2 aromatic rings. The van der Waals surface area contributed by atoms with E-state index in [1.54, 1.807) is 49.5 Å². The van der Waals surface area contributed by atoms with Crippen molar-refractivity contribution >= 4 is 15.7 Å². The molecule has 6 heteroatoms. The number of aliphatic hydroxyl groups excluding tert-OH is 1. The number of sulfonamides is 1. The third kappa shape index (κ3) is 4.03. The molecule has 0 aliphatic rings. The van der Waals surface area contributed by atoms with Gasteiger partial charge in [0.25, 0.3) is 10.0 Å². The van der Waals surface area contributed by atoms with Crippen LogP contribution in [-0.2, 0) is 16.4 Å². The van der Waals surface area contributed by atoms with E-state index in [1.807, 2.05) is 0 Å². The number of hydrogen-bond acceptors (Lipinski definition) is 4. The minimum atomic E-state index is -3.61. The molecular weight excluding hydrogens is 288 g/mol. The second kappa shape index (κ2) is 6.69. The lowest BCUT2D eigenvalue weighted by atomic mass is 10.1. The van der Waals surface area contributed by atoms with Crippen molar-refractivity contribution in [3.63, 3.8) is 0 Å². The van der Waals surface area contributed by atoms with E-state index in [1.165, 1.54) is 0 Å². The maximum Gasteiger partial charge on any atom is 0.261 e. The smallest absolute Gasteiger partial charge is 0.261 e. The van der Waals surface area contributed by atoms with Crippen LogP contribution in [0.15, 0.2) is 47.5 Å². The Morgan fingerprint density at radius 1 is 1.19 bits per heavy atom. The molecule has 0 fully saturated rings. The Bertz CT molecular complexity index is 697. The van der Waals surface area contributed by atoms with Crippen molar-refractivity contribution in [2.24, 2.45) is 0 Å². The highest BCUT2D eigenvalue weighted by molar-refractivity contribution is 7.92. The summed E-state index contributed by atoms with van der Waals surface area (Å²) in [6.45, 7) is 1.87. The highest BCUT2D eigenvalue weighted by Crippen LogP contribution is 2.18. The molecule has 0 aliphatic carbocycles. The molecule has 1 aromatic heterocycles. The predicted octanol–water partition coefficient (Wildman–Crippen LogP) is 2.12. The molecule has 0 unspecified atom stereocenters. The van der Waals surface area contributed by atoms with Gasteiger partial charge < -0.3 is 5.11 Å². The van der Waals surface area contributed by atoms with Crippen molar-refractivity contribution in [3.8, 4) is 0 Å². The van der Waals surface area contributed by atoms with Gasteiger partial charge in [-0.3, -0.25) is 9.71 Å². The molecule has 0 amide bonds. The van der Waals surface area contributed by atoms with Crippen molar-refractivity contribution < 1.29 is 13.5 Å². The van der Waals surface area contributed by atoms with Crippen molar-refractivity contribution in [3.05, 3.63) is 53.9 Å². The normalized spacial score (nSPS) is 11.3. The van der Waals surface area contributed by atoms with Crippen molar-refractivity contribution in [1.82, 2.24) is 4.98 Å². The highest BCUT2D eigenvalue weighted by atomic mass is 32.2. The van der Waals surface area contributed by atoms with Crippen molar-refractivity contribution in [2.75, 3.05) is 11.3 Å². The summed E-state index contributed by atoms with van der Waals surface area (Å²) in [5, 5.41) is 8.79. The summed E-state index contributed by atoms with van der Waals surface area (Å²) in [4.78, 5) is 4.26. The minimum absolute atomic E-state index is 0.127. The van der Waals surface area contributed by atoms with Gasteiger partial charge >= 0.3 is 0 Å². The number of aryl methyl sites for hydroxylation is 2. The number of hydrogen-bond donors (Lipinski definition) is 2. The fourth-order valence-corrected chi connectivity index (χ4v) is 3.03. The molecule has 21 heavy (non-hydrogen) atoms. The standard InChI is InChI=1S/C15H18N2O3S/c1-12-15(5-2-10-16-12)17-21(19,20)14-8-6-13(7-9-14)4-3-11-18/h2,5-10,17-18H,3-4,11H2,1H3. The van der Waals surface area contributed by atoms with Crippen LogP contribution in [0, 0.1) is 6.92 Å². The molecule has 1 aromatic carbocycles. The number of rotatable bonds is 6.